The molecule has 6 nitrogen and oxygen atoms in total. The minimum atomic E-state index is -0.464. The highest BCUT2D eigenvalue weighted by molar-refractivity contribution is 5.98. The predicted molar refractivity (Wildman–Crippen MR) is 73.1 cm³/mol. The van der Waals surface area contributed by atoms with Crippen molar-refractivity contribution in [2.45, 2.75) is 13.0 Å². The number of hydrogen-bond donors (Lipinski definition) is 2. The van der Waals surface area contributed by atoms with Gasteiger partial charge in [-0.2, -0.15) is 0 Å². The first-order chi connectivity index (χ1) is 9.16. The second-order valence-corrected chi connectivity index (χ2v) is 4.74. The highest BCUT2D eigenvalue weighted by atomic mass is 16.5. The van der Waals surface area contributed by atoms with Crippen LogP contribution in [0.25, 0.3) is 0 Å². The molecule has 1 aromatic rings. The summed E-state index contributed by atoms with van der Waals surface area (Å²) in [5.74, 6) is -0.464. The topological polar surface area (TPSA) is 80.5 Å². The molecule has 0 aromatic carbocycles. The van der Waals surface area contributed by atoms with E-state index in [1.54, 1.807) is 12.3 Å². The fourth-order valence-electron chi connectivity index (χ4n) is 2.20. The second-order valence-electron chi connectivity index (χ2n) is 4.74. The fraction of sp³-hybridized carbons (Fsp3) is 0.538. The fourth-order valence-corrected chi connectivity index (χ4v) is 2.20. The van der Waals surface area contributed by atoms with Crippen molar-refractivity contribution in [3.63, 3.8) is 0 Å². The molecule has 0 bridgehead atoms. The molecule has 1 amide bonds. The number of rotatable bonds is 5. The number of hydrogen-bond acceptors (Lipinski definition) is 5. The number of morpholine rings is 1. The van der Waals surface area contributed by atoms with Crippen LogP contribution >= 0.6 is 0 Å². The van der Waals surface area contributed by atoms with Gasteiger partial charge in [0.2, 0.25) is 0 Å². The average molecular weight is 264 g/mol. The van der Waals surface area contributed by atoms with Gasteiger partial charge in [0.1, 0.15) is 0 Å². The first-order valence-corrected chi connectivity index (χ1v) is 6.47. The summed E-state index contributed by atoms with van der Waals surface area (Å²) in [5, 5.41) is 3.32. The molecule has 104 valence electrons. The molecule has 6 heteroatoms. The van der Waals surface area contributed by atoms with Crippen molar-refractivity contribution in [2.75, 3.05) is 38.2 Å². The summed E-state index contributed by atoms with van der Waals surface area (Å²) in [6, 6.07) is 1.99. The minimum Gasteiger partial charge on any atom is -0.381 e. The quantitative estimate of drug-likeness (QED) is 0.800. The van der Waals surface area contributed by atoms with Crippen LogP contribution in [0.3, 0.4) is 0 Å². The number of carbonyl (C=O) groups is 1. The third kappa shape index (κ3) is 3.90. The number of ether oxygens (including phenoxy) is 1. The molecule has 1 unspecified atom stereocenters. The summed E-state index contributed by atoms with van der Waals surface area (Å²) < 4.78 is 5.32. The summed E-state index contributed by atoms with van der Waals surface area (Å²) in [5.41, 5.74) is 6.49. The van der Waals surface area contributed by atoms with Gasteiger partial charge in [0.05, 0.1) is 24.5 Å². The third-order valence-corrected chi connectivity index (χ3v) is 3.12. The van der Waals surface area contributed by atoms with Gasteiger partial charge in [0.15, 0.2) is 0 Å². The Labute approximate surface area is 112 Å². The Morgan fingerprint density at radius 2 is 2.32 bits per heavy atom. The maximum atomic E-state index is 11.3. The molecule has 0 saturated carbocycles. The Bertz CT molecular complexity index is 432. The van der Waals surface area contributed by atoms with Gasteiger partial charge in [0.25, 0.3) is 5.91 Å². The summed E-state index contributed by atoms with van der Waals surface area (Å²) in [6.45, 7) is 6.46. The zero-order chi connectivity index (χ0) is 13.7. The molecule has 1 aliphatic heterocycles. The second kappa shape index (κ2) is 6.49. The van der Waals surface area contributed by atoms with Crippen LogP contribution in [0, 0.1) is 0 Å². The number of aromatic nitrogens is 1. The molecule has 1 fully saturated rings. The van der Waals surface area contributed by atoms with E-state index >= 15 is 0 Å². The Morgan fingerprint density at radius 3 is 3.00 bits per heavy atom. The van der Waals surface area contributed by atoms with Crippen LogP contribution in [0.2, 0.25) is 0 Å². The summed E-state index contributed by atoms with van der Waals surface area (Å²) >= 11 is 0. The van der Waals surface area contributed by atoms with Crippen molar-refractivity contribution in [1.29, 1.82) is 0 Å². The van der Waals surface area contributed by atoms with E-state index < -0.39 is 5.91 Å². The molecule has 1 saturated heterocycles. The maximum Gasteiger partial charge on any atom is 0.252 e. The first kappa shape index (κ1) is 13.8. The zero-order valence-electron chi connectivity index (χ0n) is 11.1. The Balaban J connectivity index is 1.94. The lowest BCUT2D eigenvalue weighted by atomic mass is 10.2. The molecule has 1 aromatic heterocycles. The number of nitrogens with one attached hydrogen (secondary N) is 1. The highest BCUT2D eigenvalue weighted by Gasteiger charge is 2.15. The molecular weight excluding hydrogens is 244 g/mol. The van der Waals surface area contributed by atoms with E-state index in [2.05, 4.69) is 22.1 Å². The standard InChI is InChI=1S/C13H20N4O2/c1-10(9-17-4-6-19-7-5-17)16-12-2-3-15-8-11(12)13(14)18/h2-3,8,10H,4-7,9H2,1H3,(H2,14,18)(H,15,16). The number of amides is 1. The van der Waals surface area contributed by atoms with Crippen molar-refractivity contribution in [3.8, 4) is 0 Å². The highest BCUT2D eigenvalue weighted by Crippen LogP contribution is 2.14. The van der Waals surface area contributed by atoms with E-state index in [4.69, 9.17) is 10.5 Å². The normalized spacial score (nSPS) is 17.9. The van der Waals surface area contributed by atoms with Gasteiger partial charge >= 0.3 is 0 Å². The summed E-state index contributed by atoms with van der Waals surface area (Å²) in [7, 11) is 0. The number of nitrogens with two attached hydrogens (primary N) is 1. The zero-order valence-corrected chi connectivity index (χ0v) is 11.1. The van der Waals surface area contributed by atoms with Gasteiger partial charge in [-0.25, -0.2) is 0 Å². The van der Waals surface area contributed by atoms with Crippen LogP contribution in [0.5, 0.6) is 0 Å². The SMILES string of the molecule is CC(CN1CCOCC1)Nc1ccncc1C(N)=O. The van der Waals surface area contributed by atoms with Gasteiger partial charge in [-0.15, -0.1) is 0 Å². The van der Waals surface area contributed by atoms with Crippen molar-refractivity contribution in [2.24, 2.45) is 5.73 Å². The largest absolute Gasteiger partial charge is 0.381 e. The van der Waals surface area contributed by atoms with E-state index in [1.165, 1.54) is 6.20 Å². The third-order valence-electron chi connectivity index (χ3n) is 3.12. The molecule has 0 aliphatic carbocycles. The van der Waals surface area contributed by atoms with Crippen molar-refractivity contribution < 1.29 is 9.53 Å². The van der Waals surface area contributed by atoms with E-state index in [1.807, 2.05) is 0 Å². The number of pyridine rings is 1. The van der Waals surface area contributed by atoms with Gasteiger partial charge in [-0.05, 0) is 13.0 Å². The van der Waals surface area contributed by atoms with Crippen molar-refractivity contribution >= 4 is 11.6 Å². The van der Waals surface area contributed by atoms with Crippen molar-refractivity contribution in [3.05, 3.63) is 24.0 Å². The van der Waals surface area contributed by atoms with E-state index in [9.17, 15) is 4.79 Å². The van der Waals surface area contributed by atoms with Crippen LogP contribution in [-0.2, 0) is 4.74 Å². The lowest BCUT2D eigenvalue weighted by Gasteiger charge is -2.29. The number of anilines is 1. The molecular formula is C13H20N4O2. The van der Waals surface area contributed by atoms with Crippen LogP contribution in [0.15, 0.2) is 18.5 Å². The Hall–Kier alpha value is -1.66. The Morgan fingerprint density at radius 1 is 1.58 bits per heavy atom. The van der Waals surface area contributed by atoms with E-state index in [-0.39, 0.29) is 6.04 Å². The molecule has 19 heavy (non-hydrogen) atoms. The van der Waals surface area contributed by atoms with Crippen LogP contribution < -0.4 is 11.1 Å². The lowest BCUT2D eigenvalue weighted by molar-refractivity contribution is 0.0368. The smallest absolute Gasteiger partial charge is 0.252 e. The molecule has 0 spiro atoms. The van der Waals surface area contributed by atoms with Crippen molar-refractivity contribution in [1.82, 2.24) is 9.88 Å². The molecule has 1 aliphatic rings. The average Bonchev–Trinajstić information content (AvgIpc) is 2.40. The number of primary amides is 1. The summed E-state index contributed by atoms with van der Waals surface area (Å²) in [6.07, 6.45) is 3.14. The van der Waals surface area contributed by atoms with Crippen LogP contribution in [0.1, 0.15) is 17.3 Å². The minimum absolute atomic E-state index is 0.221. The maximum absolute atomic E-state index is 11.3. The van der Waals surface area contributed by atoms with E-state index in [0.29, 0.717) is 5.56 Å². The summed E-state index contributed by atoms with van der Waals surface area (Å²) in [4.78, 5) is 17.6. The van der Waals surface area contributed by atoms with E-state index in [0.717, 1.165) is 38.5 Å². The van der Waals surface area contributed by atoms with Crippen LogP contribution in [0.4, 0.5) is 5.69 Å². The monoisotopic (exact) mass is 264 g/mol. The van der Waals surface area contributed by atoms with Gasteiger partial charge in [-0.3, -0.25) is 14.7 Å². The number of carbonyl (C=O) groups excluding carboxylic acids is 1. The molecule has 0 radical (unpaired) electrons. The lowest BCUT2D eigenvalue weighted by Crippen LogP contribution is -2.42. The molecule has 3 N–H and O–H groups in total. The van der Waals surface area contributed by atoms with Gasteiger partial charge < -0.3 is 15.8 Å². The first-order valence-electron chi connectivity index (χ1n) is 6.47. The van der Waals surface area contributed by atoms with Crippen LogP contribution in [-0.4, -0.2) is 54.7 Å². The Kier molecular flexibility index (Phi) is 4.70. The number of nitrogens with zero attached hydrogens (tertiary/aromatic N) is 2. The molecule has 2 heterocycles. The van der Waals surface area contributed by atoms with Gasteiger partial charge in [0, 0.05) is 38.1 Å². The molecule has 2 rings (SSSR count). The molecule has 1 atom stereocenters. The predicted octanol–water partition coefficient (Wildman–Crippen LogP) is 0.313. The van der Waals surface area contributed by atoms with Gasteiger partial charge in [-0.1, -0.05) is 0 Å².